The third-order valence-electron chi connectivity index (χ3n) is 1.72. The Labute approximate surface area is 101 Å². The third kappa shape index (κ3) is 7.35. The van der Waals surface area contributed by atoms with Gasteiger partial charge in [-0.15, -0.1) is 0 Å². The number of alkyl carbamates (subject to hydrolysis) is 1. The molecule has 0 saturated heterocycles. The van der Waals surface area contributed by atoms with Gasteiger partial charge in [0.25, 0.3) is 0 Å². The maximum absolute atomic E-state index is 11.3. The van der Waals surface area contributed by atoms with E-state index >= 15 is 0 Å². The number of hydrogen-bond acceptors (Lipinski definition) is 5. The first-order valence-corrected chi connectivity index (χ1v) is 5.34. The van der Waals surface area contributed by atoms with Crippen LogP contribution in [0.25, 0.3) is 0 Å². The van der Waals surface area contributed by atoms with Crippen molar-refractivity contribution in [3.63, 3.8) is 0 Å². The molecule has 0 bridgehead atoms. The number of hydrogen-bond donors (Lipinski definition) is 1. The van der Waals surface area contributed by atoms with Crippen LogP contribution in [-0.4, -0.2) is 37.6 Å². The molecule has 0 rings (SSSR count). The van der Waals surface area contributed by atoms with Crippen molar-refractivity contribution < 1.29 is 23.8 Å². The topological polar surface area (TPSA) is 73.9 Å². The number of rotatable bonds is 7. The van der Waals surface area contributed by atoms with Gasteiger partial charge in [0.2, 0.25) is 0 Å². The van der Waals surface area contributed by atoms with Crippen molar-refractivity contribution in [3.05, 3.63) is 12.7 Å². The van der Waals surface area contributed by atoms with E-state index in [1.165, 1.54) is 13.0 Å². The van der Waals surface area contributed by atoms with Crippen LogP contribution in [0.5, 0.6) is 0 Å². The molecule has 0 radical (unpaired) electrons. The molecule has 0 aliphatic carbocycles. The summed E-state index contributed by atoms with van der Waals surface area (Å²) >= 11 is 0. The predicted molar refractivity (Wildman–Crippen MR) is 61.3 cm³/mol. The highest BCUT2D eigenvalue weighted by molar-refractivity contribution is 5.68. The summed E-state index contributed by atoms with van der Waals surface area (Å²) in [4.78, 5) is 22.1. The van der Waals surface area contributed by atoms with E-state index in [2.05, 4.69) is 11.9 Å². The first-order valence-electron chi connectivity index (χ1n) is 5.34. The Morgan fingerprint density at radius 2 is 2.12 bits per heavy atom. The second kappa shape index (κ2) is 8.58. The van der Waals surface area contributed by atoms with Crippen molar-refractivity contribution in [1.29, 1.82) is 0 Å². The van der Waals surface area contributed by atoms with Crippen LogP contribution >= 0.6 is 0 Å². The summed E-state index contributed by atoms with van der Waals surface area (Å²) in [5, 5.41) is 2.45. The summed E-state index contributed by atoms with van der Waals surface area (Å²) in [6.45, 7) is 8.57. The van der Waals surface area contributed by atoms with Gasteiger partial charge in [0.1, 0.15) is 12.7 Å². The summed E-state index contributed by atoms with van der Waals surface area (Å²) < 4.78 is 14.9. The Kier molecular flexibility index (Phi) is 7.79. The lowest BCUT2D eigenvalue weighted by Crippen LogP contribution is -2.45. The molecule has 0 saturated carbocycles. The fourth-order valence-electron chi connectivity index (χ4n) is 1.09. The fraction of sp³-hybridized carbons (Fsp3) is 0.636. The number of carbonyl (C=O) groups excluding carboxylic acids is 2. The average molecular weight is 245 g/mol. The zero-order valence-electron chi connectivity index (χ0n) is 10.4. The molecule has 0 heterocycles. The highest BCUT2D eigenvalue weighted by Crippen LogP contribution is 2.02. The molecule has 0 aromatic rings. The van der Waals surface area contributed by atoms with Gasteiger partial charge < -0.3 is 14.2 Å². The zero-order chi connectivity index (χ0) is 13.3. The SMILES string of the molecule is C=CCOC(=O)NC(OCC)C(C)OC(C)=O. The number of amides is 1. The summed E-state index contributed by atoms with van der Waals surface area (Å²) in [6.07, 6.45) is -0.530. The van der Waals surface area contributed by atoms with Crippen molar-refractivity contribution in [3.8, 4) is 0 Å². The van der Waals surface area contributed by atoms with E-state index in [0.717, 1.165) is 0 Å². The van der Waals surface area contributed by atoms with Gasteiger partial charge in [-0.3, -0.25) is 10.1 Å². The Morgan fingerprint density at radius 1 is 1.47 bits per heavy atom. The maximum atomic E-state index is 11.3. The number of carbonyl (C=O) groups is 2. The van der Waals surface area contributed by atoms with Gasteiger partial charge in [0.15, 0.2) is 6.23 Å². The molecule has 6 nitrogen and oxygen atoms in total. The van der Waals surface area contributed by atoms with E-state index in [1.807, 2.05) is 0 Å². The van der Waals surface area contributed by atoms with Crippen LogP contribution in [0.1, 0.15) is 20.8 Å². The molecule has 2 atom stereocenters. The molecule has 17 heavy (non-hydrogen) atoms. The lowest BCUT2D eigenvalue weighted by molar-refractivity contribution is -0.154. The van der Waals surface area contributed by atoms with E-state index in [-0.39, 0.29) is 6.61 Å². The largest absolute Gasteiger partial charge is 0.458 e. The van der Waals surface area contributed by atoms with Gasteiger partial charge >= 0.3 is 12.1 Å². The summed E-state index contributed by atoms with van der Waals surface area (Å²) in [5.41, 5.74) is 0. The standard InChI is InChI=1S/C11H19NO5/c1-5-7-16-11(14)12-10(15-6-2)8(3)17-9(4)13/h5,8,10H,1,6-7H2,2-4H3,(H,12,14). The predicted octanol–water partition coefficient (Wildman–Crippen LogP) is 1.21. The minimum atomic E-state index is -0.735. The molecule has 0 aliphatic rings. The highest BCUT2D eigenvalue weighted by atomic mass is 16.6. The lowest BCUT2D eigenvalue weighted by Gasteiger charge is -2.23. The molecule has 0 aromatic carbocycles. The molecule has 98 valence electrons. The highest BCUT2D eigenvalue weighted by Gasteiger charge is 2.22. The molecular formula is C11H19NO5. The number of nitrogens with one attached hydrogen (secondary N) is 1. The molecule has 1 amide bonds. The third-order valence-corrected chi connectivity index (χ3v) is 1.72. The molecule has 2 unspecified atom stereocenters. The van der Waals surface area contributed by atoms with Gasteiger partial charge in [-0.25, -0.2) is 4.79 Å². The Hall–Kier alpha value is -1.56. The van der Waals surface area contributed by atoms with Crippen LogP contribution in [0, 0.1) is 0 Å². The quantitative estimate of drug-likeness (QED) is 0.414. The van der Waals surface area contributed by atoms with E-state index in [9.17, 15) is 9.59 Å². The van der Waals surface area contributed by atoms with Crippen LogP contribution < -0.4 is 5.32 Å². The molecule has 0 aliphatic heterocycles. The smallest absolute Gasteiger partial charge is 0.409 e. The monoisotopic (exact) mass is 245 g/mol. The lowest BCUT2D eigenvalue weighted by atomic mass is 10.3. The summed E-state index contributed by atoms with van der Waals surface area (Å²) in [7, 11) is 0. The van der Waals surface area contributed by atoms with Crippen molar-refractivity contribution in [1.82, 2.24) is 5.32 Å². The number of esters is 1. The van der Waals surface area contributed by atoms with E-state index in [4.69, 9.17) is 14.2 Å². The van der Waals surface area contributed by atoms with Gasteiger partial charge in [-0.05, 0) is 13.8 Å². The summed E-state index contributed by atoms with van der Waals surface area (Å²) in [5.74, 6) is -0.441. The minimum Gasteiger partial charge on any atom is -0.458 e. The van der Waals surface area contributed by atoms with Crippen molar-refractivity contribution in [2.45, 2.75) is 33.1 Å². The van der Waals surface area contributed by atoms with Gasteiger partial charge in [0.05, 0.1) is 0 Å². The molecule has 0 aromatic heterocycles. The van der Waals surface area contributed by atoms with Crippen LogP contribution in [0.2, 0.25) is 0 Å². The molecule has 0 spiro atoms. The van der Waals surface area contributed by atoms with Crippen LogP contribution in [0.15, 0.2) is 12.7 Å². The average Bonchev–Trinajstić information content (AvgIpc) is 2.24. The Morgan fingerprint density at radius 3 is 2.59 bits per heavy atom. The fourth-order valence-corrected chi connectivity index (χ4v) is 1.09. The first-order chi connectivity index (χ1) is 8.01. The van der Waals surface area contributed by atoms with Gasteiger partial charge in [-0.1, -0.05) is 12.7 Å². The van der Waals surface area contributed by atoms with Crippen LogP contribution in [0.4, 0.5) is 4.79 Å². The molecule has 6 heteroatoms. The Balaban J connectivity index is 4.25. The van der Waals surface area contributed by atoms with Crippen molar-refractivity contribution in [2.75, 3.05) is 13.2 Å². The second-order valence-electron chi connectivity index (χ2n) is 3.22. The second-order valence-corrected chi connectivity index (χ2v) is 3.22. The first kappa shape index (κ1) is 15.4. The van der Waals surface area contributed by atoms with E-state index in [0.29, 0.717) is 6.61 Å². The van der Waals surface area contributed by atoms with Crippen molar-refractivity contribution in [2.24, 2.45) is 0 Å². The van der Waals surface area contributed by atoms with Gasteiger partial charge in [-0.2, -0.15) is 0 Å². The van der Waals surface area contributed by atoms with Crippen LogP contribution in [0.3, 0.4) is 0 Å². The normalized spacial score (nSPS) is 13.4. The number of ether oxygens (including phenoxy) is 3. The zero-order valence-corrected chi connectivity index (χ0v) is 10.4. The molecule has 0 fully saturated rings. The van der Waals surface area contributed by atoms with Crippen LogP contribution in [-0.2, 0) is 19.0 Å². The summed E-state index contributed by atoms with van der Waals surface area (Å²) in [6, 6.07) is 0. The van der Waals surface area contributed by atoms with E-state index in [1.54, 1.807) is 13.8 Å². The minimum absolute atomic E-state index is 0.104. The maximum Gasteiger partial charge on any atom is 0.409 e. The Bertz CT molecular complexity index is 267. The van der Waals surface area contributed by atoms with Gasteiger partial charge in [0, 0.05) is 13.5 Å². The van der Waals surface area contributed by atoms with Crippen molar-refractivity contribution >= 4 is 12.1 Å². The van der Waals surface area contributed by atoms with E-state index < -0.39 is 24.4 Å². The molecular weight excluding hydrogens is 226 g/mol. The molecule has 1 N–H and O–H groups in total.